The Bertz CT molecular complexity index is 763. The van der Waals surface area contributed by atoms with E-state index in [1.807, 2.05) is 11.6 Å². The molecule has 2 heterocycles. The van der Waals surface area contributed by atoms with Crippen LogP contribution in [-0.4, -0.2) is 45.4 Å². The molecular weight excluding hydrogens is 325 g/mol. The molecule has 0 saturated carbocycles. The van der Waals surface area contributed by atoms with E-state index >= 15 is 0 Å². The van der Waals surface area contributed by atoms with Gasteiger partial charge in [-0.05, 0) is 19.9 Å². The fraction of sp³-hybridized carbons (Fsp3) is 0.471. The lowest BCUT2D eigenvalue weighted by Gasteiger charge is -2.30. The third kappa shape index (κ3) is 3.63. The van der Waals surface area contributed by atoms with E-state index in [1.54, 1.807) is 30.0 Å². The van der Waals surface area contributed by atoms with Crippen LogP contribution < -0.4 is 5.32 Å². The molecule has 1 aliphatic rings. The van der Waals surface area contributed by atoms with Gasteiger partial charge in [0, 0.05) is 19.2 Å². The number of nitrogens with zero attached hydrogens (tertiary/aromatic N) is 4. The van der Waals surface area contributed by atoms with E-state index in [4.69, 9.17) is 4.74 Å². The maximum atomic E-state index is 14.0. The van der Waals surface area contributed by atoms with Crippen LogP contribution in [-0.2, 0) is 17.8 Å². The summed E-state index contributed by atoms with van der Waals surface area (Å²) >= 11 is 0. The molecule has 25 heavy (non-hydrogen) atoms. The van der Waals surface area contributed by atoms with E-state index in [2.05, 4.69) is 15.4 Å². The van der Waals surface area contributed by atoms with E-state index in [0.717, 1.165) is 5.82 Å². The fourth-order valence-electron chi connectivity index (χ4n) is 3.10. The number of ether oxygens (including phenoxy) is 1. The van der Waals surface area contributed by atoms with Crippen LogP contribution in [0.15, 0.2) is 24.3 Å². The van der Waals surface area contributed by atoms with Crippen molar-refractivity contribution in [3.63, 3.8) is 0 Å². The molecule has 0 spiro atoms. The highest BCUT2D eigenvalue weighted by molar-refractivity contribution is 5.74. The van der Waals surface area contributed by atoms with Crippen molar-refractivity contribution >= 4 is 6.03 Å². The fourth-order valence-corrected chi connectivity index (χ4v) is 3.10. The second-order valence-electron chi connectivity index (χ2n) is 6.14. The first-order valence-corrected chi connectivity index (χ1v) is 8.22. The molecule has 0 bridgehead atoms. The maximum Gasteiger partial charge on any atom is 0.318 e. The first kappa shape index (κ1) is 17.3. The van der Waals surface area contributed by atoms with E-state index in [0.29, 0.717) is 31.0 Å². The molecule has 7 nitrogen and oxygen atoms in total. The predicted octanol–water partition coefficient (Wildman–Crippen LogP) is 2.03. The summed E-state index contributed by atoms with van der Waals surface area (Å²) in [6.07, 6.45) is -0.569. The number of amides is 2. The van der Waals surface area contributed by atoms with Crippen LogP contribution in [0.2, 0.25) is 0 Å². The molecular formula is C17H22FN5O2. The number of halogens is 1. The van der Waals surface area contributed by atoms with Gasteiger partial charge in [-0.1, -0.05) is 18.2 Å². The van der Waals surface area contributed by atoms with Crippen molar-refractivity contribution in [1.29, 1.82) is 0 Å². The summed E-state index contributed by atoms with van der Waals surface area (Å²) in [5.41, 5.74) is 0.423. The summed E-state index contributed by atoms with van der Waals surface area (Å²) in [6, 6.07) is 5.81. The number of methoxy groups -OCH3 is 1. The summed E-state index contributed by atoms with van der Waals surface area (Å²) in [6.45, 7) is 5.19. The van der Waals surface area contributed by atoms with E-state index in [-0.39, 0.29) is 11.8 Å². The Balaban J connectivity index is 1.67. The monoisotopic (exact) mass is 347 g/mol. The van der Waals surface area contributed by atoms with Crippen LogP contribution in [0.4, 0.5) is 9.18 Å². The lowest BCUT2D eigenvalue weighted by Crippen LogP contribution is -2.48. The van der Waals surface area contributed by atoms with Gasteiger partial charge in [0.15, 0.2) is 0 Å². The standard InChI is InChI=1S/C17H22FN5O2/c1-11(16(25-3)13-6-4-5-7-14(13)18)19-17(24)22-8-9-23-15(10-22)20-12(2)21-23/h4-7,11,16H,8-10H2,1-3H3,(H,19,24)/t11-,16-/m0/s1. The quantitative estimate of drug-likeness (QED) is 0.918. The topological polar surface area (TPSA) is 72.3 Å². The normalized spacial score (nSPS) is 16.2. The van der Waals surface area contributed by atoms with Gasteiger partial charge in [-0.15, -0.1) is 0 Å². The van der Waals surface area contributed by atoms with Crippen LogP contribution in [0.5, 0.6) is 0 Å². The second kappa shape index (κ2) is 7.18. The summed E-state index contributed by atoms with van der Waals surface area (Å²) in [5.74, 6) is 1.12. The number of urea groups is 1. The Morgan fingerprint density at radius 1 is 1.36 bits per heavy atom. The van der Waals surface area contributed by atoms with Crippen LogP contribution in [0.1, 0.15) is 30.2 Å². The molecule has 1 aromatic carbocycles. The van der Waals surface area contributed by atoms with Crippen molar-refractivity contribution in [3.05, 3.63) is 47.3 Å². The summed E-state index contributed by atoms with van der Waals surface area (Å²) < 4.78 is 21.3. The van der Waals surface area contributed by atoms with Gasteiger partial charge in [0.05, 0.1) is 19.1 Å². The zero-order valence-corrected chi connectivity index (χ0v) is 14.6. The number of aromatic nitrogens is 3. The van der Waals surface area contributed by atoms with Crippen molar-refractivity contribution < 1.29 is 13.9 Å². The predicted molar refractivity (Wildman–Crippen MR) is 89.3 cm³/mol. The van der Waals surface area contributed by atoms with Gasteiger partial charge in [-0.25, -0.2) is 18.9 Å². The van der Waals surface area contributed by atoms with Crippen LogP contribution in [0.25, 0.3) is 0 Å². The molecule has 8 heteroatoms. The van der Waals surface area contributed by atoms with Crippen LogP contribution >= 0.6 is 0 Å². The Morgan fingerprint density at radius 2 is 2.12 bits per heavy atom. The number of benzene rings is 1. The molecule has 0 fully saturated rings. The molecule has 2 aromatic rings. The first-order valence-electron chi connectivity index (χ1n) is 8.22. The molecule has 1 aliphatic heterocycles. The minimum absolute atomic E-state index is 0.224. The maximum absolute atomic E-state index is 14.0. The molecule has 0 radical (unpaired) electrons. The molecule has 0 aliphatic carbocycles. The lowest BCUT2D eigenvalue weighted by molar-refractivity contribution is 0.0699. The molecule has 0 unspecified atom stereocenters. The van der Waals surface area contributed by atoms with Gasteiger partial charge in [-0.3, -0.25) is 0 Å². The zero-order chi connectivity index (χ0) is 18.0. The Labute approximate surface area is 145 Å². The van der Waals surface area contributed by atoms with Crippen molar-refractivity contribution in [2.45, 2.75) is 39.1 Å². The molecule has 134 valence electrons. The second-order valence-corrected chi connectivity index (χ2v) is 6.14. The minimum atomic E-state index is -0.569. The van der Waals surface area contributed by atoms with Gasteiger partial charge in [-0.2, -0.15) is 5.10 Å². The summed E-state index contributed by atoms with van der Waals surface area (Å²) in [4.78, 5) is 18.6. The van der Waals surface area contributed by atoms with Gasteiger partial charge in [0.25, 0.3) is 0 Å². The number of hydrogen-bond acceptors (Lipinski definition) is 4. The highest BCUT2D eigenvalue weighted by Crippen LogP contribution is 2.23. The van der Waals surface area contributed by atoms with Gasteiger partial charge in [0.1, 0.15) is 23.6 Å². The largest absolute Gasteiger partial charge is 0.375 e. The summed E-state index contributed by atoms with van der Waals surface area (Å²) in [5, 5.41) is 7.18. The van der Waals surface area contributed by atoms with Gasteiger partial charge >= 0.3 is 6.03 Å². The lowest BCUT2D eigenvalue weighted by atomic mass is 10.0. The zero-order valence-electron chi connectivity index (χ0n) is 14.6. The number of rotatable bonds is 4. The number of carbonyl (C=O) groups excluding carboxylic acids is 1. The Kier molecular flexibility index (Phi) is 4.98. The molecule has 1 N–H and O–H groups in total. The molecule has 2 amide bonds. The van der Waals surface area contributed by atoms with Crippen LogP contribution in [0, 0.1) is 12.7 Å². The van der Waals surface area contributed by atoms with Crippen molar-refractivity contribution in [3.8, 4) is 0 Å². The van der Waals surface area contributed by atoms with Gasteiger partial charge < -0.3 is 15.0 Å². The van der Waals surface area contributed by atoms with Crippen LogP contribution in [0.3, 0.4) is 0 Å². The number of carbonyl (C=O) groups is 1. The number of nitrogens with one attached hydrogen (secondary N) is 1. The SMILES string of the molecule is CO[C@H](c1ccccc1F)[C@H](C)NC(=O)N1CCn2nc(C)nc2C1. The highest BCUT2D eigenvalue weighted by Gasteiger charge is 2.27. The summed E-state index contributed by atoms with van der Waals surface area (Å²) in [7, 11) is 1.51. The smallest absolute Gasteiger partial charge is 0.318 e. The number of aryl methyl sites for hydroxylation is 1. The van der Waals surface area contributed by atoms with Crippen molar-refractivity contribution in [1.82, 2.24) is 25.0 Å². The van der Waals surface area contributed by atoms with E-state index < -0.39 is 12.1 Å². The Morgan fingerprint density at radius 3 is 2.84 bits per heavy atom. The molecule has 1 aromatic heterocycles. The van der Waals surface area contributed by atoms with E-state index in [9.17, 15) is 9.18 Å². The third-order valence-corrected chi connectivity index (χ3v) is 4.33. The minimum Gasteiger partial charge on any atom is -0.375 e. The highest BCUT2D eigenvalue weighted by atomic mass is 19.1. The number of fused-ring (bicyclic) bond motifs is 1. The van der Waals surface area contributed by atoms with Crippen molar-refractivity contribution in [2.24, 2.45) is 0 Å². The van der Waals surface area contributed by atoms with E-state index in [1.165, 1.54) is 13.2 Å². The average molecular weight is 347 g/mol. The average Bonchev–Trinajstić information content (AvgIpc) is 2.96. The molecule has 0 saturated heterocycles. The number of hydrogen-bond donors (Lipinski definition) is 1. The Hall–Kier alpha value is -2.48. The van der Waals surface area contributed by atoms with Crippen molar-refractivity contribution in [2.75, 3.05) is 13.7 Å². The molecule has 3 rings (SSSR count). The third-order valence-electron chi connectivity index (χ3n) is 4.33. The molecule has 2 atom stereocenters. The first-order chi connectivity index (χ1) is 12.0. The van der Waals surface area contributed by atoms with Gasteiger partial charge in [0.2, 0.25) is 0 Å².